The summed E-state index contributed by atoms with van der Waals surface area (Å²) in [5.41, 5.74) is 5.11. The van der Waals surface area contributed by atoms with Crippen LogP contribution in [0.15, 0.2) is 59.5 Å². The molecule has 0 N–H and O–H groups in total. The van der Waals surface area contributed by atoms with Crippen molar-refractivity contribution in [3.8, 4) is 0 Å². The van der Waals surface area contributed by atoms with Crippen molar-refractivity contribution in [3.63, 3.8) is 0 Å². The number of nitrogens with zero attached hydrogens (tertiary/aromatic N) is 2. The molecule has 0 radical (unpaired) electrons. The molecule has 19 heavy (non-hydrogen) atoms. The number of hydrogen-bond acceptors (Lipinski definition) is 2. The maximum atomic E-state index is 3.93. The smallest absolute Gasteiger partial charge is 0.0440 e. The van der Waals surface area contributed by atoms with Gasteiger partial charge >= 0.3 is 0 Å². The molecule has 0 amide bonds. The largest absolute Gasteiger partial charge is 0.374 e. The highest BCUT2D eigenvalue weighted by Crippen LogP contribution is 2.28. The van der Waals surface area contributed by atoms with Crippen LogP contribution in [0.1, 0.15) is 20.8 Å². The van der Waals surface area contributed by atoms with Crippen LogP contribution in [0.4, 0.5) is 0 Å². The summed E-state index contributed by atoms with van der Waals surface area (Å²) in [5, 5.41) is 0. The molecule has 2 nitrogen and oxygen atoms in total. The first-order valence-electron chi connectivity index (χ1n) is 6.98. The van der Waals surface area contributed by atoms with E-state index in [4.69, 9.17) is 0 Å². The molecule has 0 bridgehead atoms. The van der Waals surface area contributed by atoms with E-state index in [0.717, 1.165) is 13.1 Å². The van der Waals surface area contributed by atoms with Crippen LogP contribution in [0.3, 0.4) is 0 Å². The summed E-state index contributed by atoms with van der Waals surface area (Å²) in [6.07, 6.45) is 10.8. The molecule has 2 rings (SSSR count). The molecule has 0 unspecified atom stereocenters. The van der Waals surface area contributed by atoms with Gasteiger partial charge in [-0.3, -0.25) is 0 Å². The number of hydrogen-bond donors (Lipinski definition) is 0. The molecule has 0 aromatic carbocycles. The molecule has 2 heteroatoms. The molecule has 0 aromatic rings. The molecule has 0 aliphatic carbocycles. The normalized spacial score (nSPS) is 18.6. The van der Waals surface area contributed by atoms with Gasteiger partial charge in [0.1, 0.15) is 0 Å². The first kappa shape index (κ1) is 15.4. The molecule has 2 heterocycles. The maximum Gasteiger partial charge on any atom is 0.0440 e. The SMILES string of the molecule is C=CC1=C(C2=C(C)N(C)CC=C2)C=CCN1C.CC. The van der Waals surface area contributed by atoms with E-state index in [9.17, 15) is 0 Å². The lowest BCUT2D eigenvalue weighted by atomic mass is 9.96. The minimum absolute atomic E-state index is 0.955. The second-order valence-corrected chi connectivity index (χ2v) is 4.57. The summed E-state index contributed by atoms with van der Waals surface area (Å²) in [6.45, 7) is 12.1. The molecule has 104 valence electrons. The zero-order valence-corrected chi connectivity index (χ0v) is 12.9. The fraction of sp³-hybridized carbons (Fsp3) is 0.412. The fourth-order valence-corrected chi connectivity index (χ4v) is 2.29. The summed E-state index contributed by atoms with van der Waals surface area (Å²) in [6, 6.07) is 0. The Bertz CT molecular complexity index is 450. The molecule has 0 saturated heterocycles. The lowest BCUT2D eigenvalue weighted by Crippen LogP contribution is -2.24. The molecule has 2 aliphatic rings. The van der Waals surface area contributed by atoms with Crippen LogP contribution >= 0.6 is 0 Å². The van der Waals surface area contributed by atoms with Crippen molar-refractivity contribution in [3.05, 3.63) is 59.5 Å². The van der Waals surface area contributed by atoms with Gasteiger partial charge in [-0.15, -0.1) is 0 Å². The molecule has 0 aromatic heterocycles. The van der Waals surface area contributed by atoms with Crippen molar-refractivity contribution >= 4 is 0 Å². The van der Waals surface area contributed by atoms with Crippen molar-refractivity contribution < 1.29 is 0 Å². The van der Waals surface area contributed by atoms with Crippen LogP contribution in [-0.2, 0) is 0 Å². The third kappa shape index (κ3) is 3.19. The molecule has 2 aliphatic heterocycles. The summed E-state index contributed by atoms with van der Waals surface area (Å²) in [5.74, 6) is 0. The quantitative estimate of drug-likeness (QED) is 0.744. The second-order valence-electron chi connectivity index (χ2n) is 4.57. The lowest BCUT2D eigenvalue weighted by molar-refractivity contribution is 0.451. The minimum atomic E-state index is 0.955. The highest BCUT2D eigenvalue weighted by molar-refractivity contribution is 5.55. The number of likely N-dealkylation sites (N-methyl/N-ethyl adjacent to an activating group) is 2. The first-order chi connectivity index (χ1) is 9.15. The average molecular weight is 258 g/mol. The Labute approximate surface area is 118 Å². The van der Waals surface area contributed by atoms with E-state index in [0.29, 0.717) is 0 Å². The van der Waals surface area contributed by atoms with Gasteiger partial charge in [0, 0.05) is 49.7 Å². The van der Waals surface area contributed by atoms with Gasteiger partial charge in [0.2, 0.25) is 0 Å². The van der Waals surface area contributed by atoms with E-state index in [1.54, 1.807) is 0 Å². The van der Waals surface area contributed by atoms with Crippen molar-refractivity contribution in [2.75, 3.05) is 27.2 Å². The van der Waals surface area contributed by atoms with Crippen molar-refractivity contribution in [2.45, 2.75) is 20.8 Å². The highest BCUT2D eigenvalue weighted by atomic mass is 15.1. The Kier molecular flexibility index (Phi) is 5.68. The zero-order chi connectivity index (χ0) is 14.4. The Hall–Kier alpha value is -1.70. The third-order valence-electron chi connectivity index (χ3n) is 3.46. The topological polar surface area (TPSA) is 6.48 Å². The molecule has 0 fully saturated rings. The summed E-state index contributed by atoms with van der Waals surface area (Å²) < 4.78 is 0. The predicted molar refractivity (Wildman–Crippen MR) is 84.8 cm³/mol. The molecule has 0 atom stereocenters. The van der Waals surface area contributed by atoms with Crippen LogP contribution in [0.25, 0.3) is 0 Å². The Balaban J connectivity index is 0.000000861. The summed E-state index contributed by atoms with van der Waals surface area (Å²) >= 11 is 0. The Morgan fingerprint density at radius 2 is 1.53 bits per heavy atom. The summed E-state index contributed by atoms with van der Waals surface area (Å²) in [4.78, 5) is 4.50. The van der Waals surface area contributed by atoms with Crippen molar-refractivity contribution in [1.82, 2.24) is 9.80 Å². The summed E-state index contributed by atoms with van der Waals surface area (Å²) in [7, 11) is 4.23. The molecular weight excluding hydrogens is 232 g/mol. The molecular formula is C17H26N2. The van der Waals surface area contributed by atoms with Crippen LogP contribution in [0, 0.1) is 0 Å². The Morgan fingerprint density at radius 3 is 2.11 bits per heavy atom. The van der Waals surface area contributed by atoms with Gasteiger partial charge < -0.3 is 9.80 Å². The van der Waals surface area contributed by atoms with E-state index >= 15 is 0 Å². The van der Waals surface area contributed by atoms with E-state index in [1.807, 2.05) is 19.9 Å². The van der Waals surface area contributed by atoms with Gasteiger partial charge in [-0.1, -0.05) is 44.7 Å². The van der Waals surface area contributed by atoms with Gasteiger partial charge in [0.05, 0.1) is 0 Å². The third-order valence-corrected chi connectivity index (χ3v) is 3.46. The van der Waals surface area contributed by atoms with Crippen LogP contribution < -0.4 is 0 Å². The van der Waals surface area contributed by atoms with E-state index < -0.39 is 0 Å². The minimum Gasteiger partial charge on any atom is -0.374 e. The standard InChI is InChI=1S/C15H20N2.C2H6/c1-5-15-14(9-7-11-17(15)4)13-8-6-10-16(3)12(13)2;1-2/h5-9H,1,10-11H2,2-4H3;1-2H3. The maximum absolute atomic E-state index is 3.93. The van der Waals surface area contributed by atoms with Gasteiger partial charge in [0.15, 0.2) is 0 Å². The first-order valence-corrected chi connectivity index (χ1v) is 6.98. The second kappa shape index (κ2) is 7.03. The van der Waals surface area contributed by atoms with E-state index in [-0.39, 0.29) is 0 Å². The predicted octanol–water partition coefficient (Wildman–Crippen LogP) is 3.73. The van der Waals surface area contributed by atoms with E-state index in [2.05, 4.69) is 61.7 Å². The average Bonchev–Trinajstić information content (AvgIpc) is 2.44. The van der Waals surface area contributed by atoms with E-state index in [1.165, 1.54) is 22.5 Å². The lowest BCUT2D eigenvalue weighted by Gasteiger charge is -2.30. The monoisotopic (exact) mass is 258 g/mol. The van der Waals surface area contributed by atoms with Gasteiger partial charge in [-0.2, -0.15) is 0 Å². The molecule has 0 saturated carbocycles. The van der Waals surface area contributed by atoms with Crippen LogP contribution in [-0.4, -0.2) is 37.0 Å². The fourth-order valence-electron chi connectivity index (χ4n) is 2.29. The number of rotatable bonds is 2. The van der Waals surface area contributed by atoms with Gasteiger partial charge in [0.25, 0.3) is 0 Å². The van der Waals surface area contributed by atoms with Crippen molar-refractivity contribution in [1.29, 1.82) is 0 Å². The molecule has 0 spiro atoms. The highest BCUT2D eigenvalue weighted by Gasteiger charge is 2.17. The van der Waals surface area contributed by atoms with Crippen molar-refractivity contribution in [2.24, 2.45) is 0 Å². The van der Waals surface area contributed by atoms with Gasteiger partial charge in [-0.05, 0) is 13.0 Å². The number of allylic oxidation sites excluding steroid dienone is 6. The zero-order valence-electron chi connectivity index (χ0n) is 12.9. The van der Waals surface area contributed by atoms with Crippen LogP contribution in [0.2, 0.25) is 0 Å². The van der Waals surface area contributed by atoms with Gasteiger partial charge in [-0.25, -0.2) is 0 Å². The van der Waals surface area contributed by atoms with Crippen LogP contribution in [0.5, 0.6) is 0 Å². The Morgan fingerprint density at radius 1 is 1.00 bits per heavy atom.